The van der Waals surface area contributed by atoms with E-state index in [1.54, 1.807) is 0 Å². The maximum absolute atomic E-state index is 10.4. The van der Waals surface area contributed by atoms with Crippen LogP contribution in [0.25, 0.3) is 0 Å². The second kappa shape index (κ2) is 11.4. The van der Waals surface area contributed by atoms with Gasteiger partial charge in [0.25, 0.3) is 5.97 Å². The van der Waals surface area contributed by atoms with E-state index >= 15 is 0 Å². The van der Waals surface area contributed by atoms with Gasteiger partial charge in [0, 0.05) is 6.92 Å². The van der Waals surface area contributed by atoms with Gasteiger partial charge in [0.2, 0.25) is 0 Å². The van der Waals surface area contributed by atoms with Gasteiger partial charge in [-0.15, -0.1) is 0 Å². The first-order valence-electron chi connectivity index (χ1n) is 7.30. The van der Waals surface area contributed by atoms with Crippen molar-refractivity contribution in [1.82, 2.24) is 0 Å². The van der Waals surface area contributed by atoms with Crippen LogP contribution in [-0.2, 0) is 24.3 Å². The molecule has 0 amide bonds. The Morgan fingerprint density at radius 3 is 1.17 bits per heavy atom. The van der Waals surface area contributed by atoms with Crippen LogP contribution >= 0.6 is 0 Å². The summed E-state index contributed by atoms with van der Waals surface area (Å²) < 4.78 is 0. The third kappa shape index (κ3) is 44.9. The molecule has 0 rings (SSSR count). The Balaban J connectivity index is -0.000000284. The first-order chi connectivity index (χ1) is 9.89. The molecule has 0 fully saturated rings. The van der Waals surface area contributed by atoms with Crippen LogP contribution in [0.2, 0.25) is 0 Å². The first kappa shape index (κ1) is 26.7. The Kier molecular flexibility index (Phi) is 13.2. The van der Waals surface area contributed by atoms with Crippen molar-refractivity contribution < 1.29 is 34.6 Å². The van der Waals surface area contributed by atoms with Crippen molar-refractivity contribution in [2.45, 2.75) is 86.9 Å². The fourth-order valence-corrected chi connectivity index (χ4v) is 0.715. The standard InChI is InChI=1S/C8H18O2.C6H12O3.C2H4O2/c1-7(2,3)9-10-8(4,5)6;1-6(2,3)4-5(7)9-8;1-2(3)4/h1-6H3;8H,4H2,1-3H3;1H3,(H,3,4). The van der Waals surface area contributed by atoms with Gasteiger partial charge in [-0.1, -0.05) is 20.8 Å². The molecule has 0 heterocycles. The highest BCUT2D eigenvalue weighted by atomic mass is 17.2. The minimum Gasteiger partial charge on any atom is -0.481 e. The van der Waals surface area contributed by atoms with E-state index in [0.717, 1.165) is 6.92 Å². The summed E-state index contributed by atoms with van der Waals surface area (Å²) in [5.41, 5.74) is -0.541. The molecule has 0 saturated heterocycles. The molecule has 7 heteroatoms. The average molecular weight is 338 g/mol. The molecule has 0 aliphatic rings. The number of carboxylic acids is 1. The molecule has 0 radical (unpaired) electrons. The fourth-order valence-electron chi connectivity index (χ4n) is 0.715. The molecule has 0 saturated carbocycles. The molecule has 0 unspecified atom stereocenters. The number of carboxylic acid groups (broad SMARTS) is 1. The van der Waals surface area contributed by atoms with Crippen molar-refractivity contribution in [3.05, 3.63) is 0 Å². The van der Waals surface area contributed by atoms with E-state index in [2.05, 4.69) is 4.89 Å². The van der Waals surface area contributed by atoms with Gasteiger partial charge in [-0.2, -0.15) is 5.26 Å². The molecule has 2 N–H and O–H groups in total. The van der Waals surface area contributed by atoms with E-state index in [4.69, 9.17) is 24.9 Å². The summed E-state index contributed by atoms with van der Waals surface area (Å²) in [6.45, 7) is 18.5. The topological polar surface area (TPSA) is 102 Å². The average Bonchev–Trinajstić information content (AvgIpc) is 2.22. The van der Waals surface area contributed by atoms with E-state index in [-0.39, 0.29) is 23.0 Å². The lowest BCUT2D eigenvalue weighted by molar-refractivity contribution is -0.393. The van der Waals surface area contributed by atoms with Crippen LogP contribution in [0.4, 0.5) is 0 Å². The molecule has 0 atom stereocenters. The van der Waals surface area contributed by atoms with E-state index in [1.165, 1.54) is 0 Å². The lowest BCUT2D eigenvalue weighted by Gasteiger charge is -2.24. The second-order valence-electron chi connectivity index (χ2n) is 8.11. The van der Waals surface area contributed by atoms with Crippen molar-refractivity contribution in [2.75, 3.05) is 0 Å². The van der Waals surface area contributed by atoms with Gasteiger partial charge >= 0.3 is 5.97 Å². The quantitative estimate of drug-likeness (QED) is 0.578. The summed E-state index contributed by atoms with van der Waals surface area (Å²) in [5.74, 6) is -1.41. The zero-order valence-electron chi connectivity index (χ0n) is 16.1. The van der Waals surface area contributed by atoms with Gasteiger partial charge in [0.05, 0.1) is 17.6 Å². The lowest BCUT2D eigenvalue weighted by atomic mass is 9.93. The van der Waals surface area contributed by atoms with E-state index in [9.17, 15) is 4.79 Å². The van der Waals surface area contributed by atoms with Crippen LogP contribution in [0.1, 0.15) is 75.7 Å². The normalized spacial score (nSPS) is 11.4. The summed E-state index contributed by atoms with van der Waals surface area (Å²) in [7, 11) is 0. The van der Waals surface area contributed by atoms with Crippen molar-refractivity contribution in [3.63, 3.8) is 0 Å². The van der Waals surface area contributed by atoms with Crippen molar-refractivity contribution in [2.24, 2.45) is 5.41 Å². The van der Waals surface area contributed by atoms with Gasteiger partial charge in [0.1, 0.15) is 0 Å². The molecule has 0 aromatic rings. The third-order valence-corrected chi connectivity index (χ3v) is 1.32. The molecular weight excluding hydrogens is 304 g/mol. The Morgan fingerprint density at radius 2 is 1.09 bits per heavy atom. The summed E-state index contributed by atoms with van der Waals surface area (Å²) in [4.78, 5) is 33.0. The maximum Gasteiger partial charge on any atom is 0.342 e. The molecule has 0 aliphatic carbocycles. The Bertz CT molecular complexity index is 312. The SMILES string of the molecule is CC(=O)O.CC(C)(C)CC(=O)OO.CC(C)(C)OOC(C)(C)C. The number of hydrogen-bond donors (Lipinski definition) is 2. The van der Waals surface area contributed by atoms with E-state index in [1.807, 2.05) is 62.3 Å². The maximum atomic E-state index is 10.4. The largest absolute Gasteiger partial charge is 0.481 e. The zero-order chi connectivity index (χ0) is 19.5. The molecular formula is C16H34O7. The summed E-state index contributed by atoms with van der Waals surface area (Å²) in [6, 6.07) is 0. The minimum absolute atomic E-state index is 0.111. The number of hydrogen-bond acceptors (Lipinski definition) is 6. The number of rotatable bonds is 2. The second-order valence-corrected chi connectivity index (χ2v) is 8.11. The van der Waals surface area contributed by atoms with Crippen LogP contribution in [0.5, 0.6) is 0 Å². The van der Waals surface area contributed by atoms with Crippen molar-refractivity contribution in [3.8, 4) is 0 Å². The molecule has 0 spiro atoms. The van der Waals surface area contributed by atoms with Crippen molar-refractivity contribution >= 4 is 11.9 Å². The van der Waals surface area contributed by atoms with Crippen molar-refractivity contribution in [1.29, 1.82) is 0 Å². The molecule has 7 nitrogen and oxygen atoms in total. The van der Waals surface area contributed by atoms with Gasteiger partial charge in [0.15, 0.2) is 0 Å². The summed E-state index contributed by atoms with van der Waals surface area (Å²) in [6.07, 6.45) is 0.240. The summed E-state index contributed by atoms with van der Waals surface area (Å²) in [5, 5.41) is 15.3. The van der Waals surface area contributed by atoms with Gasteiger partial charge in [-0.25, -0.2) is 14.6 Å². The molecule has 0 aliphatic heterocycles. The molecule has 23 heavy (non-hydrogen) atoms. The molecule has 0 aromatic carbocycles. The Labute approximate surface area is 139 Å². The lowest BCUT2D eigenvalue weighted by Crippen LogP contribution is -2.27. The number of carbonyl (C=O) groups is 2. The predicted molar refractivity (Wildman–Crippen MR) is 87.8 cm³/mol. The van der Waals surface area contributed by atoms with E-state index in [0.29, 0.717) is 0 Å². The number of aliphatic carboxylic acids is 1. The Hall–Kier alpha value is -1.18. The summed E-state index contributed by atoms with van der Waals surface area (Å²) >= 11 is 0. The number of carbonyl (C=O) groups excluding carboxylic acids is 1. The third-order valence-electron chi connectivity index (χ3n) is 1.32. The first-order valence-corrected chi connectivity index (χ1v) is 7.30. The zero-order valence-corrected chi connectivity index (χ0v) is 16.1. The van der Waals surface area contributed by atoms with Crippen LogP contribution in [-0.4, -0.2) is 33.5 Å². The van der Waals surface area contributed by atoms with Crippen LogP contribution in [0.3, 0.4) is 0 Å². The highest BCUT2D eigenvalue weighted by molar-refractivity contribution is 5.69. The molecule has 0 aromatic heterocycles. The van der Waals surface area contributed by atoms with Gasteiger partial charge in [-0.05, 0) is 47.0 Å². The van der Waals surface area contributed by atoms with Gasteiger partial charge in [-0.3, -0.25) is 4.79 Å². The Morgan fingerprint density at radius 1 is 0.826 bits per heavy atom. The predicted octanol–water partition coefficient (Wildman–Crippen LogP) is 4.06. The smallest absolute Gasteiger partial charge is 0.342 e. The van der Waals surface area contributed by atoms with Gasteiger partial charge < -0.3 is 9.99 Å². The van der Waals surface area contributed by atoms with Crippen LogP contribution < -0.4 is 0 Å². The molecule has 0 bridgehead atoms. The highest BCUT2D eigenvalue weighted by Gasteiger charge is 2.18. The highest BCUT2D eigenvalue weighted by Crippen LogP contribution is 2.18. The fraction of sp³-hybridized carbons (Fsp3) is 0.875. The molecule has 140 valence electrons. The minimum atomic E-state index is -0.833. The van der Waals surface area contributed by atoms with Crippen LogP contribution in [0.15, 0.2) is 0 Å². The monoisotopic (exact) mass is 338 g/mol. The van der Waals surface area contributed by atoms with Crippen LogP contribution in [0, 0.1) is 5.41 Å². The van der Waals surface area contributed by atoms with E-state index < -0.39 is 11.9 Å².